The lowest BCUT2D eigenvalue weighted by Gasteiger charge is -2.47. The van der Waals surface area contributed by atoms with E-state index in [4.69, 9.17) is 0 Å². The third-order valence-corrected chi connectivity index (χ3v) is 5.43. The minimum atomic E-state index is -0.0779. The van der Waals surface area contributed by atoms with E-state index in [1.807, 2.05) is 0 Å². The van der Waals surface area contributed by atoms with Crippen molar-refractivity contribution in [1.29, 1.82) is 0 Å². The van der Waals surface area contributed by atoms with Crippen molar-refractivity contribution in [2.24, 2.45) is 11.8 Å². The van der Waals surface area contributed by atoms with E-state index < -0.39 is 0 Å². The summed E-state index contributed by atoms with van der Waals surface area (Å²) in [4.78, 5) is 2.63. The van der Waals surface area contributed by atoms with Gasteiger partial charge < -0.3 is 5.11 Å². The van der Waals surface area contributed by atoms with Crippen LogP contribution >= 0.6 is 0 Å². The summed E-state index contributed by atoms with van der Waals surface area (Å²) in [5.41, 5.74) is 0. The zero-order valence-corrected chi connectivity index (χ0v) is 12.4. The van der Waals surface area contributed by atoms with Crippen molar-refractivity contribution in [2.75, 3.05) is 6.54 Å². The van der Waals surface area contributed by atoms with Gasteiger partial charge in [0, 0.05) is 12.1 Å². The van der Waals surface area contributed by atoms with Crippen LogP contribution in [0.5, 0.6) is 0 Å². The average molecular weight is 253 g/mol. The summed E-state index contributed by atoms with van der Waals surface area (Å²) in [6, 6.07) is 1.09. The summed E-state index contributed by atoms with van der Waals surface area (Å²) in [6.45, 7) is 8.22. The fourth-order valence-corrected chi connectivity index (χ4v) is 4.08. The van der Waals surface area contributed by atoms with Crippen LogP contribution in [0.4, 0.5) is 0 Å². The van der Waals surface area contributed by atoms with Crippen LogP contribution in [0.2, 0.25) is 0 Å². The van der Waals surface area contributed by atoms with Crippen LogP contribution in [-0.2, 0) is 0 Å². The van der Waals surface area contributed by atoms with Crippen LogP contribution in [-0.4, -0.2) is 34.7 Å². The molecule has 1 aliphatic heterocycles. The van der Waals surface area contributed by atoms with Crippen molar-refractivity contribution in [2.45, 2.75) is 83.9 Å². The van der Waals surface area contributed by atoms with Crippen molar-refractivity contribution in [3.8, 4) is 0 Å². The number of rotatable bonds is 3. The summed E-state index contributed by atoms with van der Waals surface area (Å²) in [7, 11) is 0. The van der Waals surface area contributed by atoms with Gasteiger partial charge in [-0.05, 0) is 57.4 Å². The maximum absolute atomic E-state index is 10.4. The Morgan fingerprint density at radius 1 is 1.17 bits per heavy atom. The third kappa shape index (κ3) is 3.08. The van der Waals surface area contributed by atoms with Gasteiger partial charge in [0.25, 0.3) is 0 Å². The first-order chi connectivity index (χ1) is 8.63. The molecule has 0 aromatic rings. The molecule has 0 amide bonds. The molecule has 2 fully saturated rings. The molecular weight excluding hydrogens is 222 g/mol. The summed E-state index contributed by atoms with van der Waals surface area (Å²) < 4.78 is 0. The summed E-state index contributed by atoms with van der Waals surface area (Å²) in [5, 5.41) is 10.4. The minimum absolute atomic E-state index is 0.0779. The first-order valence-corrected chi connectivity index (χ1v) is 8.07. The van der Waals surface area contributed by atoms with E-state index >= 15 is 0 Å². The topological polar surface area (TPSA) is 23.5 Å². The minimum Gasteiger partial charge on any atom is -0.391 e. The number of piperidine rings is 1. The van der Waals surface area contributed by atoms with E-state index in [1.54, 1.807) is 0 Å². The molecule has 5 atom stereocenters. The SMILES string of the molecule is CCCC1CCC(O)C(N2CCCC(C)C2C)C1. The monoisotopic (exact) mass is 253 g/mol. The third-order valence-electron chi connectivity index (χ3n) is 5.43. The summed E-state index contributed by atoms with van der Waals surface area (Å²) >= 11 is 0. The van der Waals surface area contributed by atoms with Gasteiger partial charge in [-0.25, -0.2) is 0 Å². The van der Waals surface area contributed by atoms with Gasteiger partial charge >= 0.3 is 0 Å². The lowest BCUT2D eigenvalue weighted by molar-refractivity contribution is -0.0378. The second kappa shape index (κ2) is 6.38. The molecule has 1 saturated carbocycles. The normalized spacial score (nSPS) is 43.0. The molecule has 1 saturated heterocycles. The molecule has 0 spiro atoms. The van der Waals surface area contributed by atoms with Crippen molar-refractivity contribution >= 4 is 0 Å². The van der Waals surface area contributed by atoms with Gasteiger partial charge in [-0.2, -0.15) is 0 Å². The van der Waals surface area contributed by atoms with E-state index in [0.717, 1.165) is 18.3 Å². The van der Waals surface area contributed by atoms with E-state index in [0.29, 0.717) is 12.1 Å². The van der Waals surface area contributed by atoms with E-state index in [-0.39, 0.29) is 6.10 Å². The Balaban J connectivity index is 2.00. The Morgan fingerprint density at radius 3 is 2.67 bits per heavy atom. The largest absolute Gasteiger partial charge is 0.391 e. The average Bonchev–Trinajstić information content (AvgIpc) is 2.36. The van der Waals surface area contributed by atoms with E-state index in [9.17, 15) is 5.11 Å². The second-order valence-corrected chi connectivity index (χ2v) is 6.70. The van der Waals surface area contributed by atoms with Crippen LogP contribution in [0.15, 0.2) is 0 Å². The Morgan fingerprint density at radius 2 is 1.94 bits per heavy atom. The molecule has 5 unspecified atom stereocenters. The van der Waals surface area contributed by atoms with Gasteiger partial charge in [-0.3, -0.25) is 4.90 Å². The summed E-state index contributed by atoms with van der Waals surface area (Å²) in [6.07, 6.45) is 8.72. The fraction of sp³-hybridized carbons (Fsp3) is 1.00. The molecule has 2 nitrogen and oxygen atoms in total. The number of hydrogen-bond acceptors (Lipinski definition) is 2. The van der Waals surface area contributed by atoms with Crippen molar-refractivity contribution < 1.29 is 5.11 Å². The van der Waals surface area contributed by atoms with Crippen LogP contribution in [0.1, 0.15) is 65.7 Å². The maximum Gasteiger partial charge on any atom is 0.0695 e. The molecule has 1 heterocycles. The van der Waals surface area contributed by atoms with Crippen LogP contribution in [0, 0.1) is 11.8 Å². The Kier molecular flexibility index (Phi) is 5.08. The highest BCUT2D eigenvalue weighted by molar-refractivity contribution is 4.91. The molecule has 2 aliphatic rings. The lowest BCUT2D eigenvalue weighted by Crippen LogP contribution is -2.54. The van der Waals surface area contributed by atoms with E-state index in [2.05, 4.69) is 25.7 Å². The maximum atomic E-state index is 10.4. The summed E-state index contributed by atoms with van der Waals surface area (Å²) in [5.74, 6) is 1.64. The van der Waals surface area contributed by atoms with Gasteiger partial charge in [0.15, 0.2) is 0 Å². The van der Waals surface area contributed by atoms with Gasteiger partial charge in [-0.15, -0.1) is 0 Å². The Hall–Kier alpha value is -0.0800. The van der Waals surface area contributed by atoms with Crippen LogP contribution in [0.3, 0.4) is 0 Å². The molecule has 106 valence electrons. The molecule has 0 radical (unpaired) electrons. The molecule has 0 aromatic heterocycles. The van der Waals surface area contributed by atoms with E-state index in [1.165, 1.54) is 45.1 Å². The fourth-order valence-electron chi connectivity index (χ4n) is 4.08. The van der Waals surface area contributed by atoms with Crippen LogP contribution in [0.25, 0.3) is 0 Å². The second-order valence-electron chi connectivity index (χ2n) is 6.70. The number of likely N-dealkylation sites (tertiary alicyclic amines) is 1. The molecule has 18 heavy (non-hydrogen) atoms. The number of aliphatic hydroxyl groups is 1. The quantitative estimate of drug-likeness (QED) is 0.833. The number of hydrogen-bond donors (Lipinski definition) is 1. The smallest absolute Gasteiger partial charge is 0.0695 e. The zero-order valence-electron chi connectivity index (χ0n) is 12.4. The van der Waals surface area contributed by atoms with Gasteiger partial charge in [-0.1, -0.05) is 26.7 Å². The number of nitrogens with zero attached hydrogens (tertiary/aromatic N) is 1. The Labute approximate surface area is 113 Å². The van der Waals surface area contributed by atoms with Crippen molar-refractivity contribution in [3.05, 3.63) is 0 Å². The molecule has 0 aromatic carbocycles. The molecule has 1 N–H and O–H groups in total. The van der Waals surface area contributed by atoms with Gasteiger partial charge in [0.1, 0.15) is 0 Å². The van der Waals surface area contributed by atoms with Crippen LogP contribution < -0.4 is 0 Å². The molecule has 2 heteroatoms. The highest BCUT2D eigenvalue weighted by Crippen LogP contribution is 2.35. The first kappa shape index (κ1) is 14.3. The van der Waals surface area contributed by atoms with Gasteiger partial charge in [0.2, 0.25) is 0 Å². The Bertz CT molecular complexity index is 255. The zero-order chi connectivity index (χ0) is 13.1. The highest BCUT2D eigenvalue weighted by Gasteiger charge is 2.37. The first-order valence-electron chi connectivity index (χ1n) is 8.07. The molecular formula is C16H31NO. The highest BCUT2D eigenvalue weighted by atomic mass is 16.3. The molecule has 0 bridgehead atoms. The van der Waals surface area contributed by atoms with Crippen molar-refractivity contribution in [1.82, 2.24) is 4.90 Å². The predicted molar refractivity (Wildman–Crippen MR) is 76.6 cm³/mol. The van der Waals surface area contributed by atoms with Gasteiger partial charge in [0.05, 0.1) is 6.10 Å². The van der Waals surface area contributed by atoms with Crippen molar-refractivity contribution in [3.63, 3.8) is 0 Å². The standard InChI is InChI=1S/C16H31NO/c1-4-6-14-8-9-16(18)15(11-14)17-10-5-7-12(2)13(17)3/h12-16,18H,4-11H2,1-3H3. The molecule has 2 rings (SSSR count). The predicted octanol–water partition coefficient (Wildman–Crippen LogP) is 3.44. The number of aliphatic hydroxyl groups excluding tert-OH is 1. The lowest BCUT2D eigenvalue weighted by atomic mass is 9.79. The molecule has 1 aliphatic carbocycles.